The van der Waals surface area contributed by atoms with Crippen LogP contribution in [0.15, 0.2) is 36.5 Å². The highest BCUT2D eigenvalue weighted by Crippen LogP contribution is 2.38. The zero-order valence-corrected chi connectivity index (χ0v) is 36.5. The number of quaternary nitrogens is 1. The molecule has 0 amide bonds. The van der Waals surface area contributed by atoms with E-state index in [4.69, 9.17) is 23.3 Å². The Bertz CT molecular complexity index is 1100. The van der Waals surface area contributed by atoms with Crippen LogP contribution in [-0.4, -0.2) is 82.2 Å². The van der Waals surface area contributed by atoms with Gasteiger partial charge in [-0.1, -0.05) is 147 Å². The number of nitrogens with zero attached hydrogens (tertiary/aromatic N) is 1. The lowest BCUT2D eigenvalue weighted by Crippen LogP contribution is -2.37. The van der Waals surface area contributed by atoms with E-state index in [0.717, 1.165) is 38.5 Å². The summed E-state index contributed by atoms with van der Waals surface area (Å²) in [6.07, 6.45) is 37.8. The zero-order chi connectivity index (χ0) is 40.5. The minimum absolute atomic E-state index is 0.0426. The van der Waals surface area contributed by atoms with Crippen molar-refractivity contribution in [3.05, 3.63) is 36.5 Å². The molecule has 0 saturated carbocycles. The number of carbonyl (C=O) groups is 2. The molecule has 0 aromatic carbocycles. The first-order valence-electron chi connectivity index (χ1n) is 21.8. The van der Waals surface area contributed by atoms with Gasteiger partial charge in [-0.05, 0) is 44.9 Å². The Labute approximate surface area is 336 Å². The summed E-state index contributed by atoms with van der Waals surface area (Å²) in [5.41, 5.74) is 0. The molecule has 1 rings (SSSR count). The average molecular weight is 798 g/mol. The van der Waals surface area contributed by atoms with Crippen LogP contribution >= 0.6 is 7.82 Å². The molecule has 4 unspecified atom stereocenters. The van der Waals surface area contributed by atoms with Gasteiger partial charge in [0.1, 0.15) is 19.8 Å². The summed E-state index contributed by atoms with van der Waals surface area (Å²) in [5, 5.41) is 0. The largest absolute Gasteiger partial charge is 0.756 e. The summed E-state index contributed by atoms with van der Waals surface area (Å²) in [6.45, 7) is 4.12. The summed E-state index contributed by atoms with van der Waals surface area (Å²) in [4.78, 5) is 37.5. The van der Waals surface area contributed by atoms with Crippen molar-refractivity contribution in [1.82, 2.24) is 0 Å². The molecule has 320 valence electrons. The summed E-state index contributed by atoms with van der Waals surface area (Å²) in [7, 11) is 1.12. The molecule has 0 N–H and O–H groups in total. The van der Waals surface area contributed by atoms with Crippen molar-refractivity contribution in [1.29, 1.82) is 0 Å². The lowest BCUT2D eigenvalue weighted by atomic mass is 10.0. The number of likely N-dealkylation sites (N-methyl/N-ethyl adjacent to an activating group) is 1. The van der Waals surface area contributed by atoms with Crippen LogP contribution in [0.2, 0.25) is 0 Å². The molecule has 0 aromatic heterocycles. The zero-order valence-electron chi connectivity index (χ0n) is 35.6. The summed E-state index contributed by atoms with van der Waals surface area (Å²) >= 11 is 0. The number of hydrogen-bond acceptors (Lipinski definition) is 9. The Balaban J connectivity index is 2.32. The number of phosphoric acid groups is 1. The lowest BCUT2D eigenvalue weighted by molar-refractivity contribution is -0.870. The highest BCUT2D eigenvalue weighted by molar-refractivity contribution is 7.45. The quantitative estimate of drug-likeness (QED) is 0.0150. The first-order valence-corrected chi connectivity index (χ1v) is 23.3. The molecule has 4 atom stereocenters. The SMILES string of the molecule is CCCCCCCCCCCCCCCC(=O)OCC(COP(=O)([O-])OCC[N+](C)(C)C)OC(=O)CCC/C=C\C/C=C\C/C=C\CC1OC1CCCCC. The fraction of sp³-hybridized carbons (Fsp3) is 0.818. The number of carbonyl (C=O) groups excluding carboxylic acids is 2. The van der Waals surface area contributed by atoms with E-state index in [1.807, 2.05) is 27.2 Å². The van der Waals surface area contributed by atoms with E-state index in [9.17, 15) is 19.0 Å². The second-order valence-corrected chi connectivity index (χ2v) is 17.5. The second kappa shape index (κ2) is 33.2. The molecule has 1 fully saturated rings. The normalized spacial score (nSPS) is 17.6. The van der Waals surface area contributed by atoms with Gasteiger partial charge in [0.15, 0.2) is 6.10 Å². The van der Waals surface area contributed by atoms with Crippen LogP contribution < -0.4 is 4.89 Å². The van der Waals surface area contributed by atoms with Crippen molar-refractivity contribution < 1.29 is 46.8 Å². The maximum Gasteiger partial charge on any atom is 0.306 e. The maximum absolute atomic E-state index is 12.6. The molecule has 55 heavy (non-hydrogen) atoms. The molecular weight excluding hydrogens is 717 g/mol. The highest BCUT2D eigenvalue weighted by atomic mass is 31.2. The van der Waals surface area contributed by atoms with Crippen molar-refractivity contribution in [2.24, 2.45) is 0 Å². The monoisotopic (exact) mass is 798 g/mol. The Morgan fingerprint density at radius 2 is 1.22 bits per heavy atom. The molecule has 1 aliphatic rings. The maximum atomic E-state index is 12.6. The van der Waals surface area contributed by atoms with E-state index in [-0.39, 0.29) is 26.1 Å². The van der Waals surface area contributed by atoms with Gasteiger partial charge in [0.05, 0.1) is 40.0 Å². The van der Waals surface area contributed by atoms with E-state index in [2.05, 4.69) is 44.2 Å². The van der Waals surface area contributed by atoms with E-state index < -0.39 is 32.5 Å². The molecule has 1 heterocycles. The van der Waals surface area contributed by atoms with Gasteiger partial charge in [-0.3, -0.25) is 14.2 Å². The number of hydrogen-bond donors (Lipinski definition) is 0. The number of ether oxygens (including phenoxy) is 3. The van der Waals surface area contributed by atoms with E-state index >= 15 is 0 Å². The Hall–Kier alpha value is -1.81. The number of rotatable bonds is 38. The van der Waals surface area contributed by atoms with E-state index in [1.165, 1.54) is 89.9 Å². The number of phosphoric ester groups is 1. The van der Waals surface area contributed by atoms with Crippen LogP contribution in [0, 0.1) is 0 Å². The Morgan fingerprint density at radius 1 is 0.673 bits per heavy atom. The van der Waals surface area contributed by atoms with Gasteiger partial charge in [0, 0.05) is 12.8 Å². The van der Waals surface area contributed by atoms with E-state index in [0.29, 0.717) is 36.1 Å². The number of unbranched alkanes of at least 4 members (excludes halogenated alkanes) is 15. The van der Waals surface area contributed by atoms with Gasteiger partial charge in [-0.25, -0.2) is 0 Å². The van der Waals surface area contributed by atoms with Crippen LogP contribution in [-0.2, 0) is 37.4 Å². The van der Waals surface area contributed by atoms with Gasteiger partial charge in [-0.15, -0.1) is 0 Å². The lowest BCUT2D eigenvalue weighted by Gasteiger charge is -2.28. The van der Waals surface area contributed by atoms with Gasteiger partial charge in [0.2, 0.25) is 0 Å². The predicted molar refractivity (Wildman–Crippen MR) is 221 cm³/mol. The third kappa shape index (κ3) is 34.0. The first kappa shape index (κ1) is 51.2. The molecule has 0 aliphatic carbocycles. The minimum Gasteiger partial charge on any atom is -0.756 e. The number of allylic oxidation sites excluding steroid dienone is 5. The summed E-state index contributed by atoms with van der Waals surface area (Å²) in [5.74, 6) is -0.903. The molecule has 0 radical (unpaired) electrons. The van der Waals surface area contributed by atoms with Crippen LogP contribution in [0.1, 0.15) is 168 Å². The molecule has 11 heteroatoms. The molecular formula is C44H80NO9P. The van der Waals surface area contributed by atoms with Crippen molar-refractivity contribution in [3.8, 4) is 0 Å². The van der Waals surface area contributed by atoms with Crippen molar-refractivity contribution in [2.75, 3.05) is 47.5 Å². The van der Waals surface area contributed by atoms with Gasteiger partial charge in [-0.2, -0.15) is 0 Å². The standard InChI is InChI=1S/C44H80NO9P/c1-6-8-10-11-12-13-14-15-16-20-23-26-30-34-43(46)50-38-40(39-52-55(48,49)51-37-36-45(3,4)5)53-44(47)35-31-27-24-21-18-17-19-22-25-29-33-42-41(54-42)32-28-9-7-2/h17,19,21,24-25,29,40-42H,6-16,18,20,22-23,26-28,30-39H2,1-5H3/b19-17-,24-21-,29-25-. The summed E-state index contributed by atoms with van der Waals surface area (Å²) in [6, 6.07) is 0. The number of epoxide rings is 1. The van der Waals surface area contributed by atoms with Gasteiger partial charge >= 0.3 is 11.9 Å². The van der Waals surface area contributed by atoms with E-state index in [1.54, 1.807) is 0 Å². The number of esters is 2. The van der Waals surface area contributed by atoms with Crippen LogP contribution in [0.5, 0.6) is 0 Å². The average Bonchev–Trinajstić information content (AvgIpc) is 3.89. The third-order valence-electron chi connectivity index (χ3n) is 9.59. The van der Waals surface area contributed by atoms with Crippen molar-refractivity contribution in [3.63, 3.8) is 0 Å². The van der Waals surface area contributed by atoms with Gasteiger partial charge in [0.25, 0.3) is 7.82 Å². The van der Waals surface area contributed by atoms with Crippen LogP contribution in [0.3, 0.4) is 0 Å². The minimum atomic E-state index is -4.64. The fourth-order valence-electron chi connectivity index (χ4n) is 6.03. The fourth-order valence-corrected chi connectivity index (χ4v) is 6.76. The molecule has 1 saturated heterocycles. The van der Waals surface area contributed by atoms with Crippen LogP contribution in [0.25, 0.3) is 0 Å². The van der Waals surface area contributed by atoms with Crippen molar-refractivity contribution >= 4 is 19.8 Å². The topological polar surface area (TPSA) is 124 Å². The van der Waals surface area contributed by atoms with Crippen LogP contribution in [0.4, 0.5) is 0 Å². The summed E-state index contributed by atoms with van der Waals surface area (Å²) < 4.78 is 39.5. The molecule has 10 nitrogen and oxygen atoms in total. The molecule has 1 aliphatic heterocycles. The third-order valence-corrected chi connectivity index (χ3v) is 10.6. The second-order valence-electron chi connectivity index (χ2n) is 16.1. The smallest absolute Gasteiger partial charge is 0.306 e. The first-order chi connectivity index (χ1) is 26.5. The molecule has 0 spiro atoms. The molecule has 0 bridgehead atoms. The Kier molecular flexibility index (Phi) is 30.9. The Morgan fingerprint density at radius 3 is 1.84 bits per heavy atom. The molecule has 0 aromatic rings. The predicted octanol–water partition coefficient (Wildman–Crippen LogP) is 10.5. The van der Waals surface area contributed by atoms with Gasteiger partial charge < -0.3 is 32.6 Å². The van der Waals surface area contributed by atoms with Crippen molar-refractivity contribution in [2.45, 2.75) is 186 Å². The highest BCUT2D eigenvalue weighted by Gasteiger charge is 2.36.